The summed E-state index contributed by atoms with van der Waals surface area (Å²) in [5.74, 6) is 0. The molecule has 0 aromatic heterocycles. The van der Waals surface area contributed by atoms with Gasteiger partial charge in [-0.05, 0) is 0 Å². The summed E-state index contributed by atoms with van der Waals surface area (Å²) < 4.78 is 5.19. The zero-order valence-corrected chi connectivity index (χ0v) is 5.48. The van der Waals surface area contributed by atoms with Crippen LogP contribution in [0.25, 0.3) is 17.5 Å². The van der Waals surface area contributed by atoms with Gasteiger partial charge in [-0.25, -0.2) is 4.99 Å². The summed E-state index contributed by atoms with van der Waals surface area (Å²) in [5.41, 5.74) is 2.52. The van der Waals surface area contributed by atoms with Crippen molar-refractivity contribution in [1.82, 2.24) is 10.2 Å². The molecule has 0 spiro atoms. The summed E-state index contributed by atoms with van der Waals surface area (Å²) in [6.45, 7) is 0. The Morgan fingerprint density at radius 3 is 3.18 bits per heavy atom. The largest absolute Gasteiger partial charge is 0.460 e. The van der Waals surface area contributed by atoms with E-state index in [-0.39, 0.29) is 0 Å². The van der Waals surface area contributed by atoms with Crippen molar-refractivity contribution in [2.45, 2.75) is 0 Å². The molecule has 4 heteroatoms. The molecule has 0 bridgehead atoms. The van der Waals surface area contributed by atoms with Crippen LogP contribution in [0.4, 0.5) is 0 Å². The van der Waals surface area contributed by atoms with Crippen molar-refractivity contribution in [1.29, 1.82) is 0 Å². The van der Waals surface area contributed by atoms with Gasteiger partial charge in [0, 0.05) is 0 Å². The van der Waals surface area contributed by atoms with Gasteiger partial charge in [-0.3, -0.25) is 0 Å². The van der Waals surface area contributed by atoms with Gasteiger partial charge >= 0.3 is 0 Å². The van der Waals surface area contributed by atoms with Crippen LogP contribution < -0.4 is 10.8 Å². The first-order valence-electron chi connectivity index (χ1n) is 3.22. The Balaban J connectivity index is 2.66. The molecule has 0 aliphatic carbocycles. The number of fused-ring (bicyclic) bond motifs is 3. The Morgan fingerprint density at radius 2 is 2.36 bits per heavy atom. The summed E-state index contributed by atoms with van der Waals surface area (Å²) in [6, 6.07) is 0. The second-order valence-corrected chi connectivity index (χ2v) is 2.36. The molecule has 4 nitrogen and oxygen atoms in total. The van der Waals surface area contributed by atoms with Crippen molar-refractivity contribution in [2.24, 2.45) is 4.99 Å². The predicted octanol–water partition coefficient (Wildman–Crippen LogP) is -0.454. The van der Waals surface area contributed by atoms with E-state index in [0.717, 1.165) is 22.0 Å². The first-order valence-corrected chi connectivity index (χ1v) is 3.22. The molecule has 52 valence electrons. The van der Waals surface area contributed by atoms with Gasteiger partial charge in [0.25, 0.3) is 0 Å². The van der Waals surface area contributed by atoms with E-state index in [1.807, 2.05) is 0 Å². The van der Waals surface area contributed by atoms with Gasteiger partial charge in [0.05, 0.1) is 18.0 Å². The Morgan fingerprint density at radius 1 is 1.36 bits per heavy atom. The van der Waals surface area contributed by atoms with Gasteiger partial charge < -0.3 is 4.42 Å². The number of nitrogens with zero attached hydrogens (tertiary/aromatic N) is 3. The van der Waals surface area contributed by atoms with Crippen LogP contribution in [0.1, 0.15) is 0 Å². The van der Waals surface area contributed by atoms with E-state index < -0.39 is 0 Å². The molecule has 0 aromatic carbocycles. The summed E-state index contributed by atoms with van der Waals surface area (Å²) in [4.78, 5) is 4.01. The molecule has 0 amide bonds. The molecule has 3 aliphatic heterocycles. The van der Waals surface area contributed by atoms with E-state index in [1.54, 1.807) is 18.7 Å². The molecule has 0 aromatic rings. The number of hydrogen-bond acceptors (Lipinski definition) is 4. The van der Waals surface area contributed by atoms with Gasteiger partial charge in [-0.2, -0.15) is 5.10 Å². The number of hydrogen-bond donors (Lipinski definition) is 0. The third-order valence-electron chi connectivity index (χ3n) is 1.71. The molecule has 0 N–H and O–H groups in total. The van der Waals surface area contributed by atoms with Crippen molar-refractivity contribution in [2.75, 3.05) is 0 Å². The van der Waals surface area contributed by atoms with E-state index in [9.17, 15) is 0 Å². The summed E-state index contributed by atoms with van der Waals surface area (Å²) in [7, 11) is 0. The molecule has 3 rings (SSSR count). The van der Waals surface area contributed by atoms with Crippen molar-refractivity contribution in [3.05, 3.63) is 23.2 Å². The highest BCUT2D eigenvalue weighted by Gasteiger charge is 2.12. The maximum atomic E-state index is 5.19. The van der Waals surface area contributed by atoms with Gasteiger partial charge in [0.2, 0.25) is 0 Å². The fourth-order valence-electron chi connectivity index (χ4n) is 1.11. The maximum absolute atomic E-state index is 5.19. The maximum Gasteiger partial charge on any atom is 0.172 e. The van der Waals surface area contributed by atoms with E-state index in [2.05, 4.69) is 15.2 Å². The van der Waals surface area contributed by atoms with E-state index in [1.165, 1.54) is 0 Å². The topological polar surface area (TPSA) is 51.3 Å². The van der Waals surface area contributed by atoms with Crippen LogP contribution in [0, 0.1) is 0 Å². The normalized spacial score (nSPS) is 13.1. The molecule has 0 saturated heterocycles. The van der Waals surface area contributed by atoms with Gasteiger partial charge in [-0.15, -0.1) is 5.10 Å². The van der Waals surface area contributed by atoms with Crippen LogP contribution in [0.2, 0.25) is 0 Å². The summed E-state index contributed by atoms with van der Waals surface area (Å²) in [6.07, 6.45) is 4.97. The van der Waals surface area contributed by atoms with Crippen LogP contribution in [0.3, 0.4) is 0 Å². The quantitative estimate of drug-likeness (QED) is 0.504. The molecule has 0 radical (unpaired) electrons. The van der Waals surface area contributed by atoms with Crippen LogP contribution in [0.5, 0.6) is 0 Å². The summed E-state index contributed by atoms with van der Waals surface area (Å²) >= 11 is 0. The SMILES string of the molecule is C1=c2occ3cnnc-3c2=N1. The van der Waals surface area contributed by atoms with Crippen molar-refractivity contribution in [3.8, 4) is 11.3 Å². The predicted molar refractivity (Wildman–Crippen MR) is 36.2 cm³/mol. The smallest absolute Gasteiger partial charge is 0.172 e. The Hall–Kier alpha value is -1.71. The standard InChI is InChI=1S/C7H3N3O/c1-4-3-11-5-2-8-7(5)6(4)10-9-1/h1-3H. The fraction of sp³-hybridized carbons (Fsp3) is 0. The zero-order valence-electron chi connectivity index (χ0n) is 5.48. The van der Waals surface area contributed by atoms with Crippen LogP contribution in [-0.2, 0) is 0 Å². The van der Waals surface area contributed by atoms with Gasteiger partial charge in [-0.1, -0.05) is 0 Å². The highest BCUT2D eigenvalue weighted by Crippen LogP contribution is 2.11. The second-order valence-electron chi connectivity index (χ2n) is 2.36. The minimum Gasteiger partial charge on any atom is -0.460 e. The minimum absolute atomic E-state index is 0.790. The number of rotatable bonds is 0. The first kappa shape index (κ1) is 5.01. The average Bonchev–Trinajstić information content (AvgIpc) is 2.34. The molecule has 0 unspecified atom stereocenters. The lowest BCUT2D eigenvalue weighted by molar-refractivity contribution is 0.500. The fourth-order valence-corrected chi connectivity index (χ4v) is 1.11. The molecular weight excluding hydrogens is 142 g/mol. The van der Waals surface area contributed by atoms with E-state index >= 15 is 0 Å². The van der Waals surface area contributed by atoms with Crippen LogP contribution in [-0.4, -0.2) is 10.2 Å². The Kier molecular flexibility index (Phi) is 0.671. The Labute approximate surface area is 61.2 Å². The first-order chi connectivity index (χ1) is 5.45. The van der Waals surface area contributed by atoms with E-state index in [0.29, 0.717) is 0 Å². The third kappa shape index (κ3) is 0.475. The van der Waals surface area contributed by atoms with Crippen molar-refractivity contribution >= 4 is 6.20 Å². The van der Waals surface area contributed by atoms with Gasteiger partial charge in [0.15, 0.2) is 5.42 Å². The monoisotopic (exact) mass is 145 g/mol. The zero-order chi connectivity index (χ0) is 7.26. The summed E-state index contributed by atoms with van der Waals surface area (Å²) in [5, 5.41) is 8.48. The lowest BCUT2D eigenvalue weighted by Crippen LogP contribution is -2.32. The molecule has 3 heterocycles. The highest BCUT2D eigenvalue weighted by atomic mass is 16.3. The van der Waals surface area contributed by atoms with Crippen LogP contribution >= 0.6 is 0 Å². The minimum atomic E-state index is 0.790. The molecule has 11 heavy (non-hydrogen) atoms. The molecular formula is C7H3N3O. The lowest BCUT2D eigenvalue weighted by atomic mass is 10.2. The van der Waals surface area contributed by atoms with Crippen molar-refractivity contribution in [3.63, 3.8) is 0 Å². The van der Waals surface area contributed by atoms with E-state index in [4.69, 9.17) is 4.42 Å². The van der Waals surface area contributed by atoms with Crippen molar-refractivity contribution < 1.29 is 4.42 Å². The molecule has 0 atom stereocenters. The molecule has 0 fully saturated rings. The second kappa shape index (κ2) is 1.47. The molecule has 0 saturated carbocycles. The molecule has 3 aliphatic rings. The highest BCUT2D eigenvalue weighted by molar-refractivity contribution is 5.58. The van der Waals surface area contributed by atoms with Crippen LogP contribution in [0.15, 0.2) is 21.9 Å². The van der Waals surface area contributed by atoms with Gasteiger partial charge in [0.1, 0.15) is 17.3 Å². The average molecular weight is 145 g/mol. The third-order valence-corrected chi connectivity index (χ3v) is 1.71. The lowest BCUT2D eigenvalue weighted by Gasteiger charge is -1.99. The Bertz CT molecular complexity index is 499. The number of aromatic nitrogens is 2.